The number of nitrogens with zero attached hydrogens (tertiary/aromatic N) is 1. The second-order valence-corrected chi connectivity index (χ2v) is 7.29. The molecular weight excluding hydrogens is 328 g/mol. The smallest absolute Gasteiger partial charge is 0.352 e. The number of rotatable bonds is 4. The number of aliphatic imine (C=N–C) groups is 1. The number of hydrogen-bond donors (Lipinski definition) is 2. The van der Waals surface area contributed by atoms with Gasteiger partial charge in [-0.15, -0.1) is 0 Å². The molecule has 0 unspecified atom stereocenters. The SMILES string of the molecule is Cc1c(C(=O)O)[nH]c(/C(=C2/CC(C)(C)C(C=O)=N2)c2ccccc2)c1C. The molecule has 0 saturated heterocycles. The molecule has 5 nitrogen and oxygen atoms in total. The van der Waals surface area contributed by atoms with Crippen molar-refractivity contribution in [1.82, 2.24) is 4.98 Å². The van der Waals surface area contributed by atoms with Crippen molar-refractivity contribution in [2.45, 2.75) is 34.1 Å². The van der Waals surface area contributed by atoms with Gasteiger partial charge in [0.15, 0.2) is 6.29 Å². The lowest BCUT2D eigenvalue weighted by Gasteiger charge is -2.17. The average molecular weight is 350 g/mol. The monoisotopic (exact) mass is 350 g/mol. The van der Waals surface area contributed by atoms with E-state index in [0.29, 0.717) is 17.7 Å². The van der Waals surface area contributed by atoms with Gasteiger partial charge in [-0.2, -0.15) is 0 Å². The van der Waals surface area contributed by atoms with Gasteiger partial charge in [0.1, 0.15) is 5.69 Å². The number of aromatic carboxylic acids is 1. The number of aromatic nitrogens is 1. The molecule has 26 heavy (non-hydrogen) atoms. The molecule has 2 aromatic rings. The Bertz CT molecular complexity index is 947. The number of aromatic amines is 1. The van der Waals surface area contributed by atoms with E-state index in [2.05, 4.69) is 9.98 Å². The Labute approximate surface area is 152 Å². The van der Waals surface area contributed by atoms with Gasteiger partial charge in [0, 0.05) is 17.4 Å². The highest BCUT2D eigenvalue weighted by atomic mass is 16.4. The Hall–Kier alpha value is -2.95. The second kappa shape index (κ2) is 6.41. The molecule has 2 heterocycles. The number of carboxylic acid groups (broad SMARTS) is 1. The summed E-state index contributed by atoms with van der Waals surface area (Å²) in [5.74, 6) is -0.988. The molecule has 0 atom stereocenters. The van der Waals surface area contributed by atoms with Crippen molar-refractivity contribution >= 4 is 23.5 Å². The van der Waals surface area contributed by atoms with E-state index in [1.807, 2.05) is 51.1 Å². The molecule has 0 aliphatic carbocycles. The van der Waals surface area contributed by atoms with Crippen LogP contribution < -0.4 is 0 Å². The van der Waals surface area contributed by atoms with Gasteiger partial charge in [-0.3, -0.25) is 9.79 Å². The minimum Gasteiger partial charge on any atom is -0.477 e. The summed E-state index contributed by atoms with van der Waals surface area (Å²) in [4.78, 5) is 30.7. The van der Waals surface area contributed by atoms with Crippen molar-refractivity contribution in [3.8, 4) is 0 Å². The van der Waals surface area contributed by atoms with Crippen molar-refractivity contribution in [1.29, 1.82) is 0 Å². The van der Waals surface area contributed by atoms with Gasteiger partial charge in [-0.05, 0) is 30.5 Å². The molecule has 0 spiro atoms. The van der Waals surface area contributed by atoms with E-state index in [0.717, 1.165) is 34.4 Å². The topological polar surface area (TPSA) is 82.5 Å². The molecule has 0 radical (unpaired) electrons. The standard InChI is InChI=1S/C21H22N2O3/c1-12-13(2)19(20(25)26)23-18(12)17(14-8-6-5-7-9-14)15-10-21(3,4)16(11-24)22-15/h5-9,11,23H,10H2,1-4H3,(H,25,26)/b17-15-. The third kappa shape index (κ3) is 2.90. The van der Waals surface area contributed by atoms with Gasteiger partial charge >= 0.3 is 5.97 Å². The first kappa shape index (κ1) is 17.9. The summed E-state index contributed by atoms with van der Waals surface area (Å²) in [6.07, 6.45) is 1.43. The van der Waals surface area contributed by atoms with Crippen LogP contribution in [-0.4, -0.2) is 28.1 Å². The fourth-order valence-corrected chi connectivity index (χ4v) is 3.39. The number of aldehydes is 1. The zero-order valence-electron chi connectivity index (χ0n) is 15.4. The minimum absolute atomic E-state index is 0.184. The van der Waals surface area contributed by atoms with E-state index in [1.165, 1.54) is 0 Å². The molecule has 1 aromatic heterocycles. The maximum Gasteiger partial charge on any atom is 0.352 e. The van der Waals surface area contributed by atoms with Crippen molar-refractivity contribution in [2.24, 2.45) is 10.4 Å². The fraction of sp³-hybridized carbons (Fsp3) is 0.286. The molecule has 0 amide bonds. The molecule has 1 aliphatic heterocycles. The van der Waals surface area contributed by atoms with Crippen molar-refractivity contribution in [3.05, 3.63) is 64.1 Å². The van der Waals surface area contributed by atoms with Crippen LogP contribution in [0.3, 0.4) is 0 Å². The molecular formula is C21H22N2O3. The third-order valence-electron chi connectivity index (χ3n) is 5.05. The highest BCUT2D eigenvalue weighted by Gasteiger charge is 2.34. The summed E-state index contributed by atoms with van der Waals surface area (Å²) in [5.41, 5.74) is 5.27. The van der Waals surface area contributed by atoms with Gasteiger partial charge in [0.2, 0.25) is 0 Å². The summed E-state index contributed by atoms with van der Waals surface area (Å²) >= 11 is 0. The molecule has 134 valence electrons. The number of allylic oxidation sites excluding steroid dienone is 1. The largest absolute Gasteiger partial charge is 0.477 e. The molecule has 1 aliphatic rings. The zero-order chi connectivity index (χ0) is 19.1. The zero-order valence-corrected chi connectivity index (χ0v) is 15.4. The summed E-state index contributed by atoms with van der Waals surface area (Å²) in [6.45, 7) is 7.68. The van der Waals surface area contributed by atoms with E-state index in [1.54, 1.807) is 6.92 Å². The van der Waals surface area contributed by atoms with Crippen molar-refractivity contribution < 1.29 is 14.7 Å². The van der Waals surface area contributed by atoms with Crippen molar-refractivity contribution in [3.63, 3.8) is 0 Å². The molecule has 1 aromatic carbocycles. The predicted molar refractivity (Wildman–Crippen MR) is 102 cm³/mol. The highest BCUT2D eigenvalue weighted by Crippen LogP contribution is 2.41. The Balaban J connectivity index is 2.31. The van der Waals surface area contributed by atoms with E-state index in [9.17, 15) is 14.7 Å². The Kier molecular flexibility index (Phi) is 4.40. The van der Waals surface area contributed by atoms with Gasteiger partial charge in [0.25, 0.3) is 0 Å². The predicted octanol–water partition coefficient (Wildman–Crippen LogP) is 4.16. The summed E-state index contributed by atoms with van der Waals surface area (Å²) in [7, 11) is 0. The fourth-order valence-electron chi connectivity index (χ4n) is 3.39. The lowest BCUT2D eigenvalue weighted by Crippen LogP contribution is -2.20. The van der Waals surface area contributed by atoms with E-state index < -0.39 is 5.97 Å². The van der Waals surface area contributed by atoms with Crippen LogP contribution in [0.15, 0.2) is 41.0 Å². The first-order valence-corrected chi connectivity index (χ1v) is 8.52. The number of nitrogens with one attached hydrogen (secondary N) is 1. The van der Waals surface area contributed by atoms with Crippen LogP contribution in [0, 0.1) is 19.3 Å². The maximum atomic E-state index is 11.5. The van der Waals surface area contributed by atoms with Crippen LogP contribution in [0.4, 0.5) is 0 Å². The maximum absolute atomic E-state index is 11.5. The first-order chi connectivity index (χ1) is 12.3. The number of carbonyl (C=O) groups excluding carboxylic acids is 1. The Morgan fingerprint density at radius 3 is 2.27 bits per heavy atom. The lowest BCUT2D eigenvalue weighted by molar-refractivity contribution is -0.103. The van der Waals surface area contributed by atoms with Gasteiger partial charge in [-0.25, -0.2) is 4.79 Å². The van der Waals surface area contributed by atoms with Crippen LogP contribution in [0.5, 0.6) is 0 Å². The number of H-pyrrole nitrogens is 1. The highest BCUT2D eigenvalue weighted by molar-refractivity contribution is 6.32. The van der Waals surface area contributed by atoms with E-state index in [4.69, 9.17) is 0 Å². The first-order valence-electron chi connectivity index (χ1n) is 8.52. The van der Waals surface area contributed by atoms with Crippen molar-refractivity contribution in [2.75, 3.05) is 0 Å². The normalized spacial score (nSPS) is 17.8. The summed E-state index contributed by atoms with van der Waals surface area (Å²) in [5, 5.41) is 9.46. The minimum atomic E-state index is -0.988. The third-order valence-corrected chi connectivity index (χ3v) is 5.05. The van der Waals surface area contributed by atoms with Gasteiger partial charge in [-0.1, -0.05) is 44.2 Å². The molecule has 5 heteroatoms. The van der Waals surface area contributed by atoms with Crippen LogP contribution in [0.1, 0.15) is 53.1 Å². The summed E-state index contributed by atoms with van der Waals surface area (Å²) in [6, 6.07) is 9.74. The van der Waals surface area contributed by atoms with Gasteiger partial charge < -0.3 is 10.1 Å². The Morgan fingerprint density at radius 2 is 1.77 bits per heavy atom. The lowest BCUT2D eigenvalue weighted by atomic mass is 9.84. The molecule has 0 fully saturated rings. The number of hydrogen-bond acceptors (Lipinski definition) is 3. The number of benzene rings is 1. The quantitative estimate of drug-likeness (QED) is 0.812. The molecule has 0 bridgehead atoms. The van der Waals surface area contributed by atoms with Crippen LogP contribution >= 0.6 is 0 Å². The summed E-state index contributed by atoms with van der Waals surface area (Å²) < 4.78 is 0. The number of carbonyl (C=O) groups is 2. The molecule has 3 rings (SSSR count). The van der Waals surface area contributed by atoms with Crippen LogP contribution in [0.25, 0.3) is 5.57 Å². The number of carboxylic acids is 1. The van der Waals surface area contributed by atoms with E-state index >= 15 is 0 Å². The van der Waals surface area contributed by atoms with E-state index in [-0.39, 0.29) is 11.1 Å². The van der Waals surface area contributed by atoms with Crippen LogP contribution in [-0.2, 0) is 4.79 Å². The molecule has 0 saturated carbocycles. The van der Waals surface area contributed by atoms with Gasteiger partial charge in [0.05, 0.1) is 17.1 Å². The Morgan fingerprint density at radius 1 is 1.15 bits per heavy atom. The average Bonchev–Trinajstić information content (AvgIpc) is 3.06. The van der Waals surface area contributed by atoms with Crippen LogP contribution in [0.2, 0.25) is 0 Å². The second-order valence-electron chi connectivity index (χ2n) is 7.29. The molecule has 2 N–H and O–H groups in total.